The molecular weight excluding hydrogens is 234 g/mol. The number of nitrogens with zero attached hydrogens (tertiary/aromatic N) is 1. The van der Waals surface area contributed by atoms with Crippen molar-refractivity contribution in [3.05, 3.63) is 35.4 Å². The largest absolute Gasteiger partial charge is 0.381 e. The zero-order valence-electron chi connectivity index (χ0n) is 12.8. The molecule has 2 nitrogen and oxygen atoms in total. The van der Waals surface area contributed by atoms with Crippen LogP contribution in [0.5, 0.6) is 0 Å². The summed E-state index contributed by atoms with van der Waals surface area (Å²) < 4.78 is 5.48. The van der Waals surface area contributed by atoms with E-state index in [4.69, 9.17) is 4.74 Å². The van der Waals surface area contributed by atoms with Gasteiger partial charge in [0.1, 0.15) is 0 Å². The molecule has 0 aliphatic carbocycles. The third-order valence-electron chi connectivity index (χ3n) is 4.66. The molecular formula is C17H27NO. The Labute approximate surface area is 117 Å². The lowest BCUT2D eigenvalue weighted by atomic mass is 9.88. The Kier molecular flexibility index (Phi) is 4.64. The van der Waals surface area contributed by atoms with E-state index in [1.807, 2.05) is 0 Å². The molecule has 0 bridgehead atoms. The van der Waals surface area contributed by atoms with Crippen LogP contribution in [0.4, 0.5) is 0 Å². The topological polar surface area (TPSA) is 12.5 Å². The van der Waals surface area contributed by atoms with Crippen molar-refractivity contribution in [2.75, 3.05) is 20.3 Å². The summed E-state index contributed by atoms with van der Waals surface area (Å²) in [6, 6.07) is 9.65. The molecule has 19 heavy (non-hydrogen) atoms. The second kappa shape index (κ2) is 6.06. The first-order valence-electron chi connectivity index (χ1n) is 7.45. The molecule has 0 saturated carbocycles. The van der Waals surface area contributed by atoms with Crippen LogP contribution in [0, 0.1) is 0 Å². The van der Waals surface area contributed by atoms with Gasteiger partial charge in [0.2, 0.25) is 0 Å². The van der Waals surface area contributed by atoms with Gasteiger partial charge in [0, 0.05) is 24.8 Å². The van der Waals surface area contributed by atoms with E-state index in [0.717, 1.165) is 32.5 Å². The number of ether oxygens (including phenoxy) is 1. The molecule has 2 heteroatoms. The number of hydrogen-bond donors (Lipinski definition) is 0. The van der Waals surface area contributed by atoms with Crippen LogP contribution in [-0.4, -0.2) is 31.2 Å². The van der Waals surface area contributed by atoms with Crippen LogP contribution in [0.25, 0.3) is 0 Å². The average Bonchev–Trinajstić information content (AvgIpc) is 2.47. The van der Waals surface area contributed by atoms with E-state index >= 15 is 0 Å². The summed E-state index contributed by atoms with van der Waals surface area (Å²) in [4.78, 5) is 2.53. The molecule has 1 aliphatic rings. The molecule has 1 saturated heterocycles. The highest BCUT2D eigenvalue weighted by Crippen LogP contribution is 2.31. The fourth-order valence-electron chi connectivity index (χ4n) is 2.90. The maximum absolute atomic E-state index is 5.48. The summed E-state index contributed by atoms with van der Waals surface area (Å²) in [5.41, 5.74) is 2.92. The van der Waals surface area contributed by atoms with Gasteiger partial charge in [-0.15, -0.1) is 0 Å². The molecule has 0 amide bonds. The lowest BCUT2D eigenvalue weighted by Crippen LogP contribution is -2.47. The fourth-order valence-corrected chi connectivity index (χ4v) is 2.90. The van der Waals surface area contributed by atoms with E-state index in [9.17, 15) is 0 Å². The first-order chi connectivity index (χ1) is 9.05. The predicted octanol–water partition coefficient (Wildman–Crippen LogP) is 3.59. The third-order valence-corrected chi connectivity index (χ3v) is 4.66. The number of rotatable bonds is 4. The van der Waals surface area contributed by atoms with Gasteiger partial charge in [0.15, 0.2) is 0 Å². The van der Waals surface area contributed by atoms with Gasteiger partial charge in [-0.05, 0) is 51.3 Å². The Bertz CT molecular complexity index is 407. The van der Waals surface area contributed by atoms with Crippen molar-refractivity contribution in [2.45, 2.75) is 51.6 Å². The van der Waals surface area contributed by atoms with Crippen LogP contribution in [0.2, 0.25) is 0 Å². The minimum absolute atomic E-state index is 0.0766. The Morgan fingerprint density at radius 1 is 1.26 bits per heavy atom. The van der Waals surface area contributed by atoms with Crippen LogP contribution in [0.3, 0.4) is 0 Å². The van der Waals surface area contributed by atoms with Crippen LogP contribution in [0.15, 0.2) is 24.3 Å². The van der Waals surface area contributed by atoms with Gasteiger partial charge in [-0.3, -0.25) is 4.90 Å². The SMILES string of the molecule is CCc1cccc(C(C)(C)N(C)C2CCOCC2)c1. The van der Waals surface area contributed by atoms with E-state index in [0.29, 0.717) is 6.04 Å². The highest BCUT2D eigenvalue weighted by molar-refractivity contribution is 5.29. The van der Waals surface area contributed by atoms with Crippen molar-refractivity contribution in [1.82, 2.24) is 4.90 Å². The van der Waals surface area contributed by atoms with Gasteiger partial charge in [-0.25, -0.2) is 0 Å². The first kappa shape index (κ1) is 14.5. The molecule has 1 aromatic carbocycles. The molecule has 0 aromatic heterocycles. The lowest BCUT2D eigenvalue weighted by molar-refractivity contribution is 0.00552. The number of hydrogen-bond acceptors (Lipinski definition) is 2. The van der Waals surface area contributed by atoms with E-state index in [1.54, 1.807) is 0 Å². The smallest absolute Gasteiger partial charge is 0.0480 e. The highest BCUT2D eigenvalue weighted by Gasteiger charge is 2.32. The minimum Gasteiger partial charge on any atom is -0.381 e. The summed E-state index contributed by atoms with van der Waals surface area (Å²) in [5.74, 6) is 0. The zero-order valence-corrected chi connectivity index (χ0v) is 12.8. The molecule has 1 fully saturated rings. The van der Waals surface area contributed by atoms with E-state index in [-0.39, 0.29) is 5.54 Å². The van der Waals surface area contributed by atoms with Crippen molar-refractivity contribution in [1.29, 1.82) is 0 Å². The number of benzene rings is 1. The molecule has 106 valence electrons. The number of aryl methyl sites for hydroxylation is 1. The molecule has 1 aromatic rings. The van der Waals surface area contributed by atoms with Crippen molar-refractivity contribution in [3.63, 3.8) is 0 Å². The standard InChI is InChI=1S/C17H27NO/c1-5-14-7-6-8-15(13-14)17(2,3)18(4)16-9-11-19-12-10-16/h6-8,13,16H,5,9-12H2,1-4H3. The normalized spacial score (nSPS) is 17.9. The summed E-state index contributed by atoms with van der Waals surface area (Å²) >= 11 is 0. The molecule has 0 radical (unpaired) electrons. The minimum atomic E-state index is 0.0766. The summed E-state index contributed by atoms with van der Waals surface area (Å²) in [5, 5.41) is 0. The maximum Gasteiger partial charge on any atom is 0.0480 e. The van der Waals surface area contributed by atoms with Crippen LogP contribution >= 0.6 is 0 Å². The lowest BCUT2D eigenvalue weighted by Gasteiger charge is -2.43. The Hall–Kier alpha value is -0.860. The predicted molar refractivity (Wildman–Crippen MR) is 80.5 cm³/mol. The average molecular weight is 261 g/mol. The molecule has 0 N–H and O–H groups in total. The van der Waals surface area contributed by atoms with Gasteiger partial charge in [0.05, 0.1) is 0 Å². The third kappa shape index (κ3) is 3.18. The van der Waals surface area contributed by atoms with Crippen LogP contribution in [0.1, 0.15) is 44.7 Å². The second-order valence-corrected chi connectivity index (χ2v) is 6.07. The fraction of sp³-hybridized carbons (Fsp3) is 0.647. The quantitative estimate of drug-likeness (QED) is 0.821. The second-order valence-electron chi connectivity index (χ2n) is 6.07. The van der Waals surface area contributed by atoms with Gasteiger partial charge in [-0.1, -0.05) is 31.2 Å². The van der Waals surface area contributed by atoms with Crippen LogP contribution in [-0.2, 0) is 16.7 Å². The summed E-state index contributed by atoms with van der Waals surface area (Å²) in [7, 11) is 2.26. The van der Waals surface area contributed by atoms with Gasteiger partial charge < -0.3 is 4.74 Å². The highest BCUT2D eigenvalue weighted by atomic mass is 16.5. The van der Waals surface area contributed by atoms with Crippen molar-refractivity contribution in [3.8, 4) is 0 Å². The van der Waals surface area contributed by atoms with Gasteiger partial charge in [-0.2, -0.15) is 0 Å². The van der Waals surface area contributed by atoms with Crippen molar-refractivity contribution < 1.29 is 4.74 Å². The van der Waals surface area contributed by atoms with Crippen molar-refractivity contribution in [2.24, 2.45) is 0 Å². The Morgan fingerprint density at radius 2 is 1.95 bits per heavy atom. The van der Waals surface area contributed by atoms with E-state index in [1.165, 1.54) is 11.1 Å². The molecule has 1 heterocycles. The maximum atomic E-state index is 5.48. The molecule has 2 rings (SSSR count). The molecule has 0 spiro atoms. The van der Waals surface area contributed by atoms with Crippen LogP contribution < -0.4 is 0 Å². The van der Waals surface area contributed by atoms with E-state index in [2.05, 4.69) is 57.0 Å². The molecule has 1 aliphatic heterocycles. The monoisotopic (exact) mass is 261 g/mol. The molecule has 0 atom stereocenters. The summed E-state index contributed by atoms with van der Waals surface area (Å²) in [6.07, 6.45) is 3.39. The zero-order chi connectivity index (χ0) is 13.9. The van der Waals surface area contributed by atoms with Crippen molar-refractivity contribution >= 4 is 0 Å². The Balaban J connectivity index is 2.19. The summed E-state index contributed by atoms with van der Waals surface area (Å²) in [6.45, 7) is 8.68. The van der Waals surface area contributed by atoms with Gasteiger partial charge in [0.25, 0.3) is 0 Å². The van der Waals surface area contributed by atoms with Gasteiger partial charge >= 0.3 is 0 Å². The van der Waals surface area contributed by atoms with E-state index < -0.39 is 0 Å². The molecule has 0 unspecified atom stereocenters. The first-order valence-corrected chi connectivity index (χ1v) is 7.45. The Morgan fingerprint density at radius 3 is 2.58 bits per heavy atom.